The van der Waals surface area contributed by atoms with Crippen molar-refractivity contribution in [2.75, 3.05) is 5.32 Å². The summed E-state index contributed by atoms with van der Waals surface area (Å²) in [5, 5.41) is 19.1. The molecular formula is C12H11BrN4. The van der Waals surface area contributed by atoms with Crippen molar-refractivity contribution in [1.82, 2.24) is 10.2 Å². The molecule has 1 unspecified atom stereocenters. The summed E-state index contributed by atoms with van der Waals surface area (Å²) in [6.07, 6.45) is 3.60. The largest absolute Gasteiger partial charge is 0.377 e. The first-order chi connectivity index (χ1) is 8.22. The van der Waals surface area contributed by atoms with E-state index in [9.17, 15) is 0 Å². The molecule has 0 fully saturated rings. The molecule has 0 bridgehead atoms. The zero-order valence-corrected chi connectivity index (χ0v) is 10.8. The van der Waals surface area contributed by atoms with E-state index in [4.69, 9.17) is 5.26 Å². The van der Waals surface area contributed by atoms with Gasteiger partial charge >= 0.3 is 0 Å². The maximum Gasteiger partial charge on any atom is 0.103 e. The Kier molecular flexibility index (Phi) is 3.45. The van der Waals surface area contributed by atoms with Gasteiger partial charge in [0.25, 0.3) is 0 Å². The number of nitrogens with one attached hydrogen (secondary N) is 2. The van der Waals surface area contributed by atoms with Gasteiger partial charge in [-0.2, -0.15) is 10.4 Å². The minimum absolute atomic E-state index is 0.0927. The Hall–Kier alpha value is -1.80. The van der Waals surface area contributed by atoms with Crippen molar-refractivity contribution >= 4 is 21.6 Å². The minimum Gasteiger partial charge on any atom is -0.377 e. The number of nitrogens with zero attached hydrogens (tertiary/aromatic N) is 2. The van der Waals surface area contributed by atoms with Gasteiger partial charge in [-0.15, -0.1) is 0 Å². The number of aromatic amines is 1. The fourth-order valence-corrected chi connectivity index (χ4v) is 2.03. The molecule has 0 spiro atoms. The van der Waals surface area contributed by atoms with E-state index in [1.807, 2.05) is 31.3 Å². The highest BCUT2D eigenvalue weighted by molar-refractivity contribution is 9.10. The topological polar surface area (TPSA) is 64.5 Å². The third kappa shape index (κ3) is 2.48. The highest BCUT2D eigenvalue weighted by Gasteiger charge is 2.10. The van der Waals surface area contributed by atoms with E-state index in [-0.39, 0.29) is 6.04 Å². The van der Waals surface area contributed by atoms with E-state index in [0.717, 1.165) is 15.7 Å². The van der Waals surface area contributed by atoms with Gasteiger partial charge in [-0.1, -0.05) is 6.07 Å². The summed E-state index contributed by atoms with van der Waals surface area (Å²) in [6.45, 7) is 2.02. The zero-order valence-electron chi connectivity index (χ0n) is 9.24. The van der Waals surface area contributed by atoms with Crippen LogP contribution < -0.4 is 5.32 Å². The number of halogens is 1. The van der Waals surface area contributed by atoms with Crippen molar-refractivity contribution in [3.63, 3.8) is 0 Å². The normalized spacial score (nSPS) is 11.8. The predicted octanol–water partition coefficient (Wildman–Crippen LogP) is 3.22. The van der Waals surface area contributed by atoms with E-state index in [1.165, 1.54) is 0 Å². The van der Waals surface area contributed by atoms with Crippen LogP contribution in [-0.4, -0.2) is 10.2 Å². The van der Waals surface area contributed by atoms with Crippen LogP contribution in [0.4, 0.5) is 5.69 Å². The lowest BCUT2D eigenvalue weighted by atomic mass is 10.1. The molecule has 1 aromatic heterocycles. The SMILES string of the molecule is CC(Nc1cccc(Br)c1C#N)c1cn[nH]c1. The second-order valence-corrected chi connectivity index (χ2v) is 4.53. The zero-order chi connectivity index (χ0) is 12.3. The second kappa shape index (κ2) is 5.02. The molecule has 1 heterocycles. The average molecular weight is 291 g/mol. The Morgan fingerprint density at radius 3 is 3.00 bits per heavy atom. The van der Waals surface area contributed by atoms with Gasteiger partial charge in [0.1, 0.15) is 6.07 Å². The molecule has 1 aromatic carbocycles. The Morgan fingerprint density at radius 2 is 2.35 bits per heavy atom. The van der Waals surface area contributed by atoms with Crippen molar-refractivity contribution < 1.29 is 0 Å². The standard InChI is InChI=1S/C12H11BrN4/c1-8(9-6-15-16-7-9)17-12-4-2-3-11(13)10(12)5-14/h2-4,6-8,17H,1H3,(H,15,16). The lowest BCUT2D eigenvalue weighted by Crippen LogP contribution is -2.07. The summed E-state index contributed by atoms with van der Waals surface area (Å²) >= 11 is 3.36. The number of benzene rings is 1. The van der Waals surface area contributed by atoms with Gasteiger partial charge in [-0.05, 0) is 35.0 Å². The monoisotopic (exact) mass is 290 g/mol. The third-order valence-corrected chi connectivity index (χ3v) is 3.18. The second-order valence-electron chi connectivity index (χ2n) is 3.67. The number of H-pyrrole nitrogens is 1. The summed E-state index contributed by atoms with van der Waals surface area (Å²) in [5.74, 6) is 0. The molecule has 0 amide bonds. The summed E-state index contributed by atoms with van der Waals surface area (Å²) in [5.41, 5.74) is 2.48. The summed E-state index contributed by atoms with van der Waals surface area (Å²) in [4.78, 5) is 0. The predicted molar refractivity (Wildman–Crippen MR) is 69.5 cm³/mol. The van der Waals surface area contributed by atoms with Crippen LogP contribution in [0.3, 0.4) is 0 Å². The maximum atomic E-state index is 9.10. The molecule has 0 aliphatic heterocycles. The summed E-state index contributed by atoms with van der Waals surface area (Å²) in [6, 6.07) is 7.91. The Balaban J connectivity index is 2.25. The van der Waals surface area contributed by atoms with Gasteiger partial charge in [0, 0.05) is 16.2 Å². The lowest BCUT2D eigenvalue weighted by Gasteiger charge is -2.15. The van der Waals surface area contributed by atoms with Crippen molar-refractivity contribution in [2.24, 2.45) is 0 Å². The molecule has 2 rings (SSSR count). The van der Waals surface area contributed by atoms with Gasteiger partial charge in [-0.3, -0.25) is 5.10 Å². The molecule has 86 valence electrons. The average Bonchev–Trinajstić information content (AvgIpc) is 2.82. The molecule has 2 N–H and O–H groups in total. The van der Waals surface area contributed by atoms with Crippen LogP contribution in [0, 0.1) is 11.3 Å². The quantitative estimate of drug-likeness (QED) is 0.912. The van der Waals surface area contributed by atoms with Crippen LogP contribution in [0.5, 0.6) is 0 Å². The molecule has 0 aliphatic carbocycles. The summed E-state index contributed by atoms with van der Waals surface area (Å²) in [7, 11) is 0. The smallest absolute Gasteiger partial charge is 0.103 e. The van der Waals surface area contributed by atoms with Gasteiger partial charge in [0.15, 0.2) is 0 Å². The Morgan fingerprint density at radius 1 is 1.53 bits per heavy atom. The molecular weight excluding hydrogens is 280 g/mol. The van der Waals surface area contributed by atoms with Crippen LogP contribution in [-0.2, 0) is 0 Å². The summed E-state index contributed by atoms with van der Waals surface area (Å²) < 4.78 is 0.796. The van der Waals surface area contributed by atoms with Gasteiger partial charge < -0.3 is 5.32 Å². The molecule has 0 saturated heterocycles. The molecule has 0 saturated carbocycles. The lowest BCUT2D eigenvalue weighted by molar-refractivity contribution is 0.885. The van der Waals surface area contributed by atoms with Crippen LogP contribution in [0.1, 0.15) is 24.1 Å². The fourth-order valence-electron chi connectivity index (χ4n) is 1.57. The van der Waals surface area contributed by atoms with Crippen LogP contribution in [0.2, 0.25) is 0 Å². The molecule has 1 atom stereocenters. The highest BCUT2D eigenvalue weighted by atomic mass is 79.9. The van der Waals surface area contributed by atoms with E-state index < -0.39 is 0 Å². The molecule has 4 nitrogen and oxygen atoms in total. The fraction of sp³-hybridized carbons (Fsp3) is 0.167. The Labute approximate surface area is 108 Å². The van der Waals surface area contributed by atoms with Crippen molar-refractivity contribution in [2.45, 2.75) is 13.0 Å². The highest BCUT2D eigenvalue weighted by Crippen LogP contribution is 2.26. The van der Waals surface area contributed by atoms with Crippen molar-refractivity contribution in [3.05, 3.63) is 46.2 Å². The number of aromatic nitrogens is 2. The first kappa shape index (κ1) is 11.7. The van der Waals surface area contributed by atoms with Crippen LogP contribution in [0.25, 0.3) is 0 Å². The van der Waals surface area contributed by atoms with Gasteiger partial charge in [0.05, 0.1) is 23.5 Å². The number of anilines is 1. The number of hydrogen-bond donors (Lipinski definition) is 2. The van der Waals surface area contributed by atoms with Gasteiger partial charge in [-0.25, -0.2) is 0 Å². The van der Waals surface area contributed by atoms with Crippen LogP contribution >= 0.6 is 15.9 Å². The third-order valence-electron chi connectivity index (χ3n) is 2.52. The van der Waals surface area contributed by atoms with E-state index >= 15 is 0 Å². The first-order valence-corrected chi connectivity index (χ1v) is 5.95. The molecule has 5 heteroatoms. The number of rotatable bonds is 3. The van der Waals surface area contributed by atoms with Crippen molar-refractivity contribution in [1.29, 1.82) is 5.26 Å². The van der Waals surface area contributed by atoms with E-state index in [2.05, 4.69) is 37.5 Å². The minimum atomic E-state index is 0.0927. The Bertz CT molecular complexity index is 542. The van der Waals surface area contributed by atoms with Crippen LogP contribution in [0.15, 0.2) is 35.1 Å². The van der Waals surface area contributed by atoms with E-state index in [1.54, 1.807) is 6.20 Å². The van der Waals surface area contributed by atoms with E-state index in [0.29, 0.717) is 5.56 Å². The first-order valence-electron chi connectivity index (χ1n) is 5.16. The maximum absolute atomic E-state index is 9.10. The molecule has 0 aliphatic rings. The van der Waals surface area contributed by atoms with Gasteiger partial charge in [0.2, 0.25) is 0 Å². The number of hydrogen-bond acceptors (Lipinski definition) is 3. The van der Waals surface area contributed by atoms with Crippen molar-refractivity contribution in [3.8, 4) is 6.07 Å². The molecule has 17 heavy (non-hydrogen) atoms. The number of nitriles is 1. The molecule has 0 radical (unpaired) electrons. The molecule has 2 aromatic rings.